The molecule has 2 heterocycles. The normalized spacial score (nSPS) is 18.7. The molecule has 0 aromatic carbocycles. The minimum atomic E-state index is 0.108. The average Bonchev–Trinajstić information content (AvgIpc) is 2.40. The van der Waals surface area contributed by atoms with E-state index in [2.05, 4.69) is 42.5 Å². The first-order chi connectivity index (χ1) is 6.98. The first-order valence-electron chi connectivity index (χ1n) is 5.73. The highest BCUT2D eigenvalue weighted by molar-refractivity contribution is 5.20. The zero-order valence-corrected chi connectivity index (χ0v) is 10.2. The fourth-order valence-electron chi connectivity index (χ4n) is 2.27. The van der Waals surface area contributed by atoms with Crippen molar-refractivity contribution in [3.05, 3.63) is 17.5 Å². The maximum atomic E-state index is 4.54. The van der Waals surface area contributed by atoms with Gasteiger partial charge in [-0.3, -0.25) is 4.68 Å². The lowest BCUT2D eigenvalue weighted by Crippen LogP contribution is -2.25. The highest BCUT2D eigenvalue weighted by atomic mass is 15.3. The topological polar surface area (TPSA) is 21.1 Å². The molecule has 15 heavy (non-hydrogen) atoms. The number of nitrogens with zero attached hydrogens (tertiary/aromatic N) is 3. The highest BCUT2D eigenvalue weighted by Crippen LogP contribution is 2.23. The maximum Gasteiger partial charge on any atom is 0.0546 e. The molecule has 1 aromatic rings. The minimum Gasteiger partial charge on any atom is -0.302 e. The van der Waals surface area contributed by atoms with Gasteiger partial charge in [0.2, 0.25) is 0 Å². The van der Waals surface area contributed by atoms with E-state index in [4.69, 9.17) is 0 Å². The molecule has 1 aliphatic heterocycles. The van der Waals surface area contributed by atoms with Gasteiger partial charge < -0.3 is 4.90 Å². The van der Waals surface area contributed by atoms with E-state index in [0.717, 1.165) is 13.0 Å². The summed E-state index contributed by atoms with van der Waals surface area (Å²) in [5, 5.41) is 4.54. The molecule has 0 unspecified atom stereocenters. The molecule has 0 radical (unpaired) electrons. The molecule has 3 heteroatoms. The first-order valence-corrected chi connectivity index (χ1v) is 5.73. The molecule has 0 amide bonds. The van der Waals surface area contributed by atoms with Crippen molar-refractivity contribution >= 4 is 0 Å². The van der Waals surface area contributed by atoms with Crippen molar-refractivity contribution in [2.75, 3.05) is 13.6 Å². The average molecular weight is 207 g/mol. The van der Waals surface area contributed by atoms with E-state index in [1.165, 1.54) is 24.2 Å². The smallest absolute Gasteiger partial charge is 0.0546 e. The summed E-state index contributed by atoms with van der Waals surface area (Å²) in [4.78, 5) is 2.38. The fraction of sp³-hybridized carbons (Fsp3) is 0.750. The van der Waals surface area contributed by atoms with Gasteiger partial charge in [0, 0.05) is 17.8 Å². The molecule has 0 fully saturated rings. The van der Waals surface area contributed by atoms with Crippen LogP contribution in [0.15, 0.2) is 6.20 Å². The summed E-state index contributed by atoms with van der Waals surface area (Å²) in [7, 11) is 2.18. The first kappa shape index (κ1) is 10.7. The van der Waals surface area contributed by atoms with Gasteiger partial charge >= 0.3 is 0 Å². The molecule has 0 saturated heterocycles. The third-order valence-corrected chi connectivity index (χ3v) is 2.98. The Balaban J connectivity index is 2.38. The number of hydrogen-bond donors (Lipinski definition) is 0. The van der Waals surface area contributed by atoms with Crippen molar-refractivity contribution in [2.45, 2.75) is 45.7 Å². The summed E-state index contributed by atoms with van der Waals surface area (Å²) >= 11 is 0. The Kier molecular flexibility index (Phi) is 2.59. The summed E-state index contributed by atoms with van der Waals surface area (Å²) < 4.78 is 2.20. The molecule has 0 N–H and O–H groups in total. The molecule has 0 spiro atoms. The minimum absolute atomic E-state index is 0.108. The van der Waals surface area contributed by atoms with Crippen LogP contribution in [0.2, 0.25) is 0 Å². The van der Waals surface area contributed by atoms with Crippen LogP contribution >= 0.6 is 0 Å². The molecular weight excluding hydrogens is 186 g/mol. The fourth-order valence-corrected chi connectivity index (χ4v) is 2.27. The van der Waals surface area contributed by atoms with Gasteiger partial charge in [-0.1, -0.05) is 0 Å². The van der Waals surface area contributed by atoms with Crippen LogP contribution < -0.4 is 0 Å². The lowest BCUT2D eigenvalue weighted by molar-refractivity contribution is 0.329. The Bertz CT molecular complexity index is 346. The Morgan fingerprint density at radius 2 is 2.07 bits per heavy atom. The maximum absolute atomic E-state index is 4.54. The SMILES string of the molecule is CN1CCCc2c(cnn2C(C)(C)C)C1. The largest absolute Gasteiger partial charge is 0.302 e. The van der Waals surface area contributed by atoms with Gasteiger partial charge in [0.25, 0.3) is 0 Å². The number of aromatic nitrogens is 2. The lowest BCUT2D eigenvalue weighted by Gasteiger charge is -2.22. The Morgan fingerprint density at radius 1 is 1.33 bits per heavy atom. The zero-order valence-electron chi connectivity index (χ0n) is 10.2. The van der Waals surface area contributed by atoms with Crippen molar-refractivity contribution in [3.8, 4) is 0 Å². The van der Waals surface area contributed by atoms with Crippen LogP contribution in [0.4, 0.5) is 0 Å². The van der Waals surface area contributed by atoms with Gasteiger partial charge in [-0.25, -0.2) is 0 Å². The second-order valence-corrected chi connectivity index (χ2v) is 5.54. The summed E-state index contributed by atoms with van der Waals surface area (Å²) in [6, 6.07) is 0. The van der Waals surface area contributed by atoms with E-state index in [-0.39, 0.29) is 5.54 Å². The predicted octanol–water partition coefficient (Wildman–Crippen LogP) is 2.02. The summed E-state index contributed by atoms with van der Waals surface area (Å²) in [6.07, 6.45) is 4.45. The van der Waals surface area contributed by atoms with Crippen LogP contribution in [-0.4, -0.2) is 28.3 Å². The standard InChI is InChI=1S/C12H21N3/c1-12(2,3)15-11-6-5-7-14(4)9-10(11)8-13-15/h8H,5-7,9H2,1-4H3. The van der Waals surface area contributed by atoms with Gasteiger partial charge in [-0.05, 0) is 47.2 Å². The van der Waals surface area contributed by atoms with Crippen molar-refractivity contribution < 1.29 is 0 Å². The molecule has 1 aromatic heterocycles. The van der Waals surface area contributed by atoms with Crippen molar-refractivity contribution in [1.29, 1.82) is 0 Å². The Labute approximate surface area is 92.1 Å². The monoisotopic (exact) mass is 207 g/mol. The van der Waals surface area contributed by atoms with E-state index in [1.54, 1.807) is 0 Å². The molecule has 0 saturated carbocycles. The third kappa shape index (κ3) is 2.07. The Hall–Kier alpha value is -0.830. The third-order valence-electron chi connectivity index (χ3n) is 2.98. The number of fused-ring (bicyclic) bond motifs is 1. The number of hydrogen-bond acceptors (Lipinski definition) is 2. The van der Waals surface area contributed by atoms with Gasteiger partial charge in [0.15, 0.2) is 0 Å². The van der Waals surface area contributed by atoms with Gasteiger partial charge in [0.05, 0.1) is 11.7 Å². The molecule has 1 aliphatic rings. The molecule has 0 bridgehead atoms. The lowest BCUT2D eigenvalue weighted by atomic mass is 10.1. The molecule has 2 rings (SSSR count). The van der Waals surface area contributed by atoms with Crippen LogP contribution in [0, 0.1) is 0 Å². The van der Waals surface area contributed by atoms with E-state index in [1.807, 2.05) is 6.20 Å². The van der Waals surface area contributed by atoms with Crippen LogP contribution in [0.25, 0.3) is 0 Å². The van der Waals surface area contributed by atoms with Crippen LogP contribution in [0.3, 0.4) is 0 Å². The Morgan fingerprint density at radius 3 is 2.73 bits per heavy atom. The second-order valence-electron chi connectivity index (χ2n) is 5.54. The van der Waals surface area contributed by atoms with Gasteiger partial charge in [-0.2, -0.15) is 5.10 Å². The van der Waals surface area contributed by atoms with E-state index >= 15 is 0 Å². The van der Waals surface area contributed by atoms with Crippen molar-refractivity contribution in [1.82, 2.24) is 14.7 Å². The number of rotatable bonds is 0. The van der Waals surface area contributed by atoms with Gasteiger partial charge in [-0.15, -0.1) is 0 Å². The van der Waals surface area contributed by atoms with Crippen LogP contribution in [0.5, 0.6) is 0 Å². The predicted molar refractivity (Wildman–Crippen MR) is 61.9 cm³/mol. The molecule has 3 nitrogen and oxygen atoms in total. The molecule has 0 aliphatic carbocycles. The summed E-state index contributed by atoms with van der Waals surface area (Å²) in [6.45, 7) is 8.89. The van der Waals surface area contributed by atoms with Crippen molar-refractivity contribution in [3.63, 3.8) is 0 Å². The summed E-state index contributed by atoms with van der Waals surface area (Å²) in [5.41, 5.74) is 2.95. The highest BCUT2D eigenvalue weighted by Gasteiger charge is 2.22. The van der Waals surface area contributed by atoms with Crippen LogP contribution in [0.1, 0.15) is 38.4 Å². The second kappa shape index (κ2) is 3.63. The molecule has 84 valence electrons. The summed E-state index contributed by atoms with van der Waals surface area (Å²) in [5.74, 6) is 0. The van der Waals surface area contributed by atoms with Crippen LogP contribution in [-0.2, 0) is 18.5 Å². The quantitative estimate of drug-likeness (QED) is 0.649. The zero-order chi connectivity index (χ0) is 11.1. The van der Waals surface area contributed by atoms with E-state index in [9.17, 15) is 0 Å². The molecule has 0 atom stereocenters. The van der Waals surface area contributed by atoms with E-state index < -0.39 is 0 Å². The van der Waals surface area contributed by atoms with E-state index in [0.29, 0.717) is 0 Å². The van der Waals surface area contributed by atoms with Crippen molar-refractivity contribution in [2.24, 2.45) is 0 Å². The molecular formula is C12H21N3. The van der Waals surface area contributed by atoms with Gasteiger partial charge in [0.1, 0.15) is 0 Å².